The first-order valence-electron chi connectivity index (χ1n) is 6.30. The average molecular weight is 283 g/mol. The molecule has 0 fully saturated rings. The Morgan fingerprint density at radius 2 is 2.10 bits per heavy atom. The number of carbonyl (C=O) groups excluding carboxylic acids is 1. The van der Waals surface area contributed by atoms with Crippen LogP contribution in [0, 0.1) is 6.92 Å². The van der Waals surface area contributed by atoms with Crippen LogP contribution in [-0.2, 0) is 23.0 Å². The molecule has 1 rings (SSSR count). The fourth-order valence-electron chi connectivity index (χ4n) is 1.59. The lowest BCUT2D eigenvalue weighted by molar-refractivity contribution is -0.139. The van der Waals surface area contributed by atoms with Crippen molar-refractivity contribution in [3.63, 3.8) is 0 Å². The molecule has 7 nitrogen and oxygen atoms in total. The molecule has 0 unspecified atom stereocenters. The lowest BCUT2D eigenvalue weighted by atomic mass is 10.1. The maximum absolute atomic E-state index is 11.6. The molecule has 0 aliphatic rings. The van der Waals surface area contributed by atoms with Crippen molar-refractivity contribution >= 4 is 12.1 Å². The van der Waals surface area contributed by atoms with Crippen molar-refractivity contribution in [3.05, 3.63) is 17.5 Å². The van der Waals surface area contributed by atoms with E-state index in [0.717, 1.165) is 5.69 Å². The molecule has 0 aliphatic heterocycles. The SMILES string of the molecule is Cc1cc(C[C@H](NC(=O)OC(C)(C)C)C(=O)O)nn1C. The summed E-state index contributed by atoms with van der Waals surface area (Å²) in [7, 11) is 1.77. The molecule has 0 aromatic carbocycles. The molecule has 0 spiro atoms. The maximum atomic E-state index is 11.6. The second kappa shape index (κ2) is 5.94. The van der Waals surface area contributed by atoms with Gasteiger partial charge in [-0.2, -0.15) is 5.10 Å². The van der Waals surface area contributed by atoms with E-state index in [1.807, 2.05) is 6.92 Å². The number of aliphatic carboxylic acids is 1. The number of nitrogens with zero attached hydrogens (tertiary/aromatic N) is 2. The van der Waals surface area contributed by atoms with Gasteiger partial charge in [0.2, 0.25) is 0 Å². The normalized spacial score (nSPS) is 12.8. The predicted octanol–water partition coefficient (Wildman–Crippen LogP) is 1.25. The van der Waals surface area contributed by atoms with E-state index < -0.39 is 23.7 Å². The summed E-state index contributed by atoms with van der Waals surface area (Å²) in [6, 6.07) is 0.714. The molecule has 1 aromatic rings. The van der Waals surface area contributed by atoms with E-state index in [1.54, 1.807) is 38.6 Å². The number of nitrogens with one attached hydrogen (secondary N) is 1. The van der Waals surface area contributed by atoms with Gasteiger partial charge in [0, 0.05) is 19.2 Å². The number of alkyl carbamates (subject to hydrolysis) is 1. The Bertz CT molecular complexity index is 483. The van der Waals surface area contributed by atoms with Crippen LogP contribution in [0.1, 0.15) is 32.2 Å². The molecule has 2 N–H and O–H groups in total. The molecule has 0 saturated carbocycles. The zero-order valence-corrected chi connectivity index (χ0v) is 12.4. The highest BCUT2D eigenvalue weighted by atomic mass is 16.6. The van der Waals surface area contributed by atoms with Crippen LogP contribution in [0.3, 0.4) is 0 Å². The summed E-state index contributed by atoms with van der Waals surface area (Å²) in [4.78, 5) is 22.8. The first kappa shape index (κ1) is 16.0. The van der Waals surface area contributed by atoms with Gasteiger partial charge in [-0.3, -0.25) is 4.68 Å². The number of carbonyl (C=O) groups is 2. The molecule has 20 heavy (non-hydrogen) atoms. The Morgan fingerprint density at radius 1 is 1.50 bits per heavy atom. The molecule has 0 bridgehead atoms. The number of amides is 1. The number of aryl methyl sites for hydroxylation is 2. The summed E-state index contributed by atoms with van der Waals surface area (Å²) < 4.78 is 6.70. The monoisotopic (exact) mass is 283 g/mol. The largest absolute Gasteiger partial charge is 0.480 e. The second-order valence-electron chi connectivity index (χ2n) is 5.64. The standard InChI is InChI=1S/C13H21N3O4/c1-8-6-9(15-16(8)5)7-10(11(17)18)14-12(19)20-13(2,3)4/h6,10H,7H2,1-5H3,(H,14,19)(H,17,18)/t10-/m0/s1. The van der Waals surface area contributed by atoms with Gasteiger partial charge in [-0.15, -0.1) is 0 Å². The molecule has 0 saturated heterocycles. The van der Waals surface area contributed by atoms with Crippen molar-refractivity contribution in [2.24, 2.45) is 7.05 Å². The van der Waals surface area contributed by atoms with E-state index in [1.165, 1.54) is 0 Å². The Balaban J connectivity index is 2.70. The van der Waals surface area contributed by atoms with Gasteiger partial charge in [-0.25, -0.2) is 9.59 Å². The van der Waals surface area contributed by atoms with Crippen LogP contribution < -0.4 is 5.32 Å². The van der Waals surface area contributed by atoms with Gasteiger partial charge in [-0.05, 0) is 33.8 Å². The summed E-state index contributed by atoms with van der Waals surface area (Å²) in [5, 5.41) is 15.7. The molecule has 0 radical (unpaired) electrons. The molecule has 1 atom stereocenters. The molecule has 0 aliphatic carbocycles. The van der Waals surface area contributed by atoms with Gasteiger partial charge in [-0.1, -0.05) is 0 Å². The van der Waals surface area contributed by atoms with E-state index in [4.69, 9.17) is 9.84 Å². The topological polar surface area (TPSA) is 93.4 Å². The van der Waals surface area contributed by atoms with Crippen molar-refractivity contribution in [2.45, 2.75) is 45.8 Å². The van der Waals surface area contributed by atoms with E-state index >= 15 is 0 Å². The third kappa shape index (κ3) is 4.91. The Hall–Kier alpha value is -2.05. The molecule has 1 heterocycles. The van der Waals surface area contributed by atoms with Gasteiger partial charge < -0.3 is 15.2 Å². The summed E-state index contributed by atoms with van der Waals surface area (Å²) in [5.74, 6) is -1.13. The molecular formula is C13H21N3O4. The minimum Gasteiger partial charge on any atom is -0.480 e. The molecule has 112 valence electrons. The van der Waals surface area contributed by atoms with Crippen LogP contribution in [0.4, 0.5) is 4.79 Å². The number of carboxylic acids is 1. The molecule has 7 heteroatoms. The van der Waals surface area contributed by atoms with Crippen LogP contribution in [-0.4, -0.2) is 38.6 Å². The zero-order chi connectivity index (χ0) is 15.5. The summed E-state index contributed by atoms with van der Waals surface area (Å²) >= 11 is 0. The van der Waals surface area contributed by atoms with Gasteiger partial charge >= 0.3 is 12.1 Å². The lowest BCUT2D eigenvalue weighted by Crippen LogP contribution is -2.44. The minimum atomic E-state index is -1.13. The summed E-state index contributed by atoms with van der Waals surface area (Å²) in [5.41, 5.74) is 0.851. The molecule has 1 amide bonds. The van der Waals surface area contributed by atoms with Crippen LogP contribution in [0.5, 0.6) is 0 Å². The highest BCUT2D eigenvalue weighted by Gasteiger charge is 2.25. The quantitative estimate of drug-likeness (QED) is 0.867. The van der Waals surface area contributed by atoms with E-state index in [0.29, 0.717) is 5.69 Å². The zero-order valence-electron chi connectivity index (χ0n) is 12.4. The van der Waals surface area contributed by atoms with Crippen molar-refractivity contribution in [1.29, 1.82) is 0 Å². The summed E-state index contributed by atoms with van der Waals surface area (Å²) in [6.45, 7) is 7.01. The van der Waals surface area contributed by atoms with Crippen molar-refractivity contribution < 1.29 is 19.4 Å². The summed E-state index contributed by atoms with van der Waals surface area (Å²) in [6.07, 6.45) is -0.645. The van der Waals surface area contributed by atoms with E-state index in [2.05, 4.69) is 10.4 Å². The predicted molar refractivity (Wildman–Crippen MR) is 72.4 cm³/mol. The Kier molecular flexibility index (Phi) is 4.75. The number of ether oxygens (including phenoxy) is 1. The molecular weight excluding hydrogens is 262 g/mol. The average Bonchev–Trinajstić information content (AvgIpc) is 2.54. The number of aromatic nitrogens is 2. The van der Waals surface area contributed by atoms with Crippen molar-refractivity contribution in [2.75, 3.05) is 0 Å². The maximum Gasteiger partial charge on any atom is 0.408 e. The number of hydrogen-bond donors (Lipinski definition) is 2. The minimum absolute atomic E-state index is 0.107. The van der Waals surface area contributed by atoms with Gasteiger partial charge in [0.1, 0.15) is 11.6 Å². The third-order valence-electron chi connectivity index (χ3n) is 2.57. The third-order valence-corrected chi connectivity index (χ3v) is 2.57. The van der Waals surface area contributed by atoms with Crippen molar-refractivity contribution in [1.82, 2.24) is 15.1 Å². The molecule has 1 aromatic heterocycles. The van der Waals surface area contributed by atoms with E-state index in [9.17, 15) is 9.59 Å². The Labute approximate surface area is 117 Å². The van der Waals surface area contributed by atoms with Crippen molar-refractivity contribution in [3.8, 4) is 0 Å². The van der Waals surface area contributed by atoms with Crippen LogP contribution >= 0.6 is 0 Å². The van der Waals surface area contributed by atoms with Gasteiger partial charge in [0.15, 0.2) is 0 Å². The van der Waals surface area contributed by atoms with Gasteiger partial charge in [0.25, 0.3) is 0 Å². The number of hydrogen-bond acceptors (Lipinski definition) is 4. The fourth-order valence-corrected chi connectivity index (χ4v) is 1.59. The fraction of sp³-hybridized carbons (Fsp3) is 0.615. The van der Waals surface area contributed by atoms with E-state index in [-0.39, 0.29) is 6.42 Å². The highest BCUT2D eigenvalue weighted by Crippen LogP contribution is 2.09. The highest BCUT2D eigenvalue weighted by molar-refractivity contribution is 5.80. The van der Waals surface area contributed by atoms with Crippen LogP contribution in [0.25, 0.3) is 0 Å². The second-order valence-corrected chi connectivity index (χ2v) is 5.64. The smallest absolute Gasteiger partial charge is 0.408 e. The number of rotatable bonds is 4. The first-order valence-corrected chi connectivity index (χ1v) is 6.30. The lowest BCUT2D eigenvalue weighted by Gasteiger charge is -2.21. The number of carboxylic acid groups (broad SMARTS) is 1. The Morgan fingerprint density at radius 3 is 2.50 bits per heavy atom. The van der Waals surface area contributed by atoms with Crippen LogP contribution in [0.15, 0.2) is 6.07 Å². The first-order chi connectivity index (χ1) is 9.08. The van der Waals surface area contributed by atoms with Gasteiger partial charge in [0.05, 0.1) is 5.69 Å². The van der Waals surface area contributed by atoms with Crippen LogP contribution in [0.2, 0.25) is 0 Å².